The molecule has 0 radical (unpaired) electrons. The molecule has 4 atom stereocenters. The van der Waals surface area contributed by atoms with Crippen LogP contribution in [0.3, 0.4) is 0 Å². The van der Waals surface area contributed by atoms with Gasteiger partial charge < -0.3 is 0 Å². The molecular formula is C14H28NP. The summed E-state index contributed by atoms with van der Waals surface area (Å²) in [6, 6.07) is 1.75. The Morgan fingerprint density at radius 3 is 2.12 bits per heavy atom. The van der Waals surface area contributed by atoms with Crippen LogP contribution < -0.4 is 0 Å². The van der Waals surface area contributed by atoms with E-state index < -0.39 is 0 Å². The van der Waals surface area contributed by atoms with Crippen LogP contribution in [0.2, 0.25) is 0 Å². The van der Waals surface area contributed by atoms with E-state index in [-0.39, 0.29) is 0 Å². The molecule has 2 aliphatic heterocycles. The summed E-state index contributed by atoms with van der Waals surface area (Å²) in [5, 5.41) is 0. The molecule has 2 saturated heterocycles. The highest BCUT2D eigenvalue weighted by Gasteiger charge is 2.49. The summed E-state index contributed by atoms with van der Waals surface area (Å²) in [5.41, 5.74) is 1.77. The maximum absolute atomic E-state index is 2.85. The molecule has 0 aromatic rings. The highest BCUT2D eigenvalue weighted by Crippen LogP contribution is 2.51. The predicted octanol–water partition coefficient (Wildman–Crippen LogP) is 3.72. The minimum absolute atomic E-state index is 0.361. The van der Waals surface area contributed by atoms with Crippen molar-refractivity contribution < 1.29 is 0 Å². The van der Waals surface area contributed by atoms with Crippen LogP contribution in [0.4, 0.5) is 0 Å². The normalized spacial score (nSPS) is 38.2. The average Bonchev–Trinajstić information content (AvgIpc) is 2.37. The van der Waals surface area contributed by atoms with Crippen LogP contribution in [0.25, 0.3) is 0 Å². The maximum atomic E-state index is 2.85. The molecular weight excluding hydrogens is 213 g/mol. The SMILES string of the molecule is CC(C)(C)C1PCC2CCC1N2C(C)(C)C. The zero-order valence-corrected chi connectivity index (χ0v) is 12.8. The minimum Gasteiger partial charge on any atom is -0.292 e. The Morgan fingerprint density at radius 1 is 1.00 bits per heavy atom. The summed E-state index contributed by atoms with van der Waals surface area (Å²) in [5.74, 6) is 0. The fourth-order valence-electron chi connectivity index (χ4n) is 3.77. The largest absolute Gasteiger partial charge is 0.292 e. The van der Waals surface area contributed by atoms with Crippen molar-refractivity contribution in [3.63, 3.8) is 0 Å². The molecule has 2 rings (SSSR count). The maximum Gasteiger partial charge on any atom is 0.0174 e. The topological polar surface area (TPSA) is 3.24 Å². The first kappa shape index (κ1) is 12.8. The Kier molecular flexibility index (Phi) is 3.17. The van der Waals surface area contributed by atoms with Crippen molar-refractivity contribution in [1.82, 2.24) is 4.90 Å². The van der Waals surface area contributed by atoms with E-state index in [1.54, 1.807) is 0 Å². The predicted molar refractivity (Wildman–Crippen MR) is 74.8 cm³/mol. The summed E-state index contributed by atoms with van der Waals surface area (Å²) in [4.78, 5) is 2.85. The van der Waals surface area contributed by atoms with Crippen LogP contribution in [-0.4, -0.2) is 34.3 Å². The second-order valence-electron chi connectivity index (χ2n) is 7.63. The number of rotatable bonds is 0. The lowest BCUT2D eigenvalue weighted by molar-refractivity contribution is 0.0606. The van der Waals surface area contributed by atoms with Crippen molar-refractivity contribution in [1.29, 1.82) is 0 Å². The Morgan fingerprint density at radius 2 is 1.62 bits per heavy atom. The number of hydrogen-bond acceptors (Lipinski definition) is 1. The van der Waals surface area contributed by atoms with Crippen LogP contribution in [0, 0.1) is 5.41 Å². The van der Waals surface area contributed by atoms with Crippen molar-refractivity contribution in [3.8, 4) is 0 Å². The van der Waals surface area contributed by atoms with Gasteiger partial charge in [-0.25, -0.2) is 0 Å². The van der Waals surface area contributed by atoms with Crippen LogP contribution in [0.5, 0.6) is 0 Å². The highest BCUT2D eigenvalue weighted by molar-refractivity contribution is 7.39. The van der Waals surface area contributed by atoms with Gasteiger partial charge in [-0.3, -0.25) is 4.90 Å². The highest BCUT2D eigenvalue weighted by atomic mass is 31.1. The van der Waals surface area contributed by atoms with Crippen molar-refractivity contribution >= 4 is 8.58 Å². The number of fused-ring (bicyclic) bond motifs is 2. The van der Waals surface area contributed by atoms with Crippen molar-refractivity contribution in [2.45, 2.75) is 77.7 Å². The first-order valence-electron chi connectivity index (χ1n) is 6.73. The summed E-state index contributed by atoms with van der Waals surface area (Å²) in [6.07, 6.45) is 4.34. The summed E-state index contributed by atoms with van der Waals surface area (Å²) >= 11 is 0. The molecule has 0 aromatic heterocycles. The van der Waals surface area contributed by atoms with Gasteiger partial charge in [0.05, 0.1) is 0 Å². The molecule has 0 spiro atoms. The quantitative estimate of drug-likeness (QED) is 0.584. The molecule has 2 heterocycles. The van der Waals surface area contributed by atoms with E-state index in [9.17, 15) is 0 Å². The lowest BCUT2D eigenvalue weighted by Gasteiger charge is -2.51. The van der Waals surface area contributed by atoms with Gasteiger partial charge in [0.25, 0.3) is 0 Å². The third-order valence-corrected chi connectivity index (χ3v) is 6.61. The Bertz CT molecular complexity index is 261. The lowest BCUT2D eigenvalue weighted by Crippen LogP contribution is -2.57. The van der Waals surface area contributed by atoms with Crippen molar-refractivity contribution in [2.24, 2.45) is 5.41 Å². The molecule has 0 N–H and O–H groups in total. The zero-order chi connectivity index (χ0) is 12.1. The Labute approximate surface area is 103 Å². The molecule has 0 aromatic carbocycles. The van der Waals surface area contributed by atoms with Gasteiger partial charge >= 0.3 is 0 Å². The van der Waals surface area contributed by atoms with Gasteiger partial charge in [0.1, 0.15) is 0 Å². The standard InChI is InChI=1S/C14H28NP/c1-13(2,3)12-11-8-7-10(9-16-12)15(11)14(4,5)6/h10-12,16H,7-9H2,1-6H3. The third-order valence-electron chi connectivity index (χ3n) is 4.21. The van der Waals surface area contributed by atoms with Crippen LogP contribution in [-0.2, 0) is 0 Å². The van der Waals surface area contributed by atoms with Gasteiger partial charge in [0.2, 0.25) is 0 Å². The van der Waals surface area contributed by atoms with Gasteiger partial charge in [0, 0.05) is 17.6 Å². The summed E-state index contributed by atoms with van der Waals surface area (Å²) < 4.78 is 0. The molecule has 4 unspecified atom stereocenters. The minimum atomic E-state index is 0.361. The lowest BCUT2D eigenvalue weighted by atomic mass is 9.85. The van der Waals surface area contributed by atoms with Gasteiger partial charge in [-0.2, -0.15) is 0 Å². The molecule has 0 saturated carbocycles. The molecule has 2 bridgehead atoms. The second-order valence-corrected chi connectivity index (χ2v) is 9.07. The van der Waals surface area contributed by atoms with Gasteiger partial charge in [-0.15, -0.1) is 8.58 Å². The molecule has 2 heteroatoms. The molecule has 0 aliphatic carbocycles. The van der Waals surface area contributed by atoms with Gasteiger partial charge in [-0.1, -0.05) is 20.8 Å². The van der Waals surface area contributed by atoms with Gasteiger partial charge in [0.15, 0.2) is 0 Å². The smallest absolute Gasteiger partial charge is 0.0174 e. The van der Waals surface area contributed by atoms with Gasteiger partial charge in [-0.05, 0) is 50.8 Å². The molecule has 2 fully saturated rings. The number of nitrogens with zero attached hydrogens (tertiary/aromatic N) is 1. The second kappa shape index (κ2) is 3.95. The van der Waals surface area contributed by atoms with E-state index in [1.807, 2.05) is 0 Å². The van der Waals surface area contributed by atoms with Crippen LogP contribution in [0.15, 0.2) is 0 Å². The molecule has 0 amide bonds. The summed E-state index contributed by atoms with van der Waals surface area (Å²) in [7, 11) is 1.19. The molecule has 1 nitrogen and oxygen atoms in total. The fourth-order valence-corrected chi connectivity index (χ4v) is 5.91. The average molecular weight is 241 g/mol. The molecule has 94 valence electrons. The molecule has 16 heavy (non-hydrogen) atoms. The first-order valence-corrected chi connectivity index (χ1v) is 8.01. The monoisotopic (exact) mass is 241 g/mol. The van der Waals surface area contributed by atoms with E-state index in [2.05, 4.69) is 46.4 Å². The van der Waals surface area contributed by atoms with E-state index in [0.29, 0.717) is 11.0 Å². The van der Waals surface area contributed by atoms with Crippen molar-refractivity contribution in [2.75, 3.05) is 6.16 Å². The zero-order valence-electron chi connectivity index (χ0n) is 11.8. The third kappa shape index (κ3) is 2.18. The van der Waals surface area contributed by atoms with E-state index in [1.165, 1.54) is 27.6 Å². The Balaban J connectivity index is 2.24. The summed E-state index contributed by atoms with van der Waals surface area (Å²) in [6.45, 7) is 14.5. The van der Waals surface area contributed by atoms with E-state index in [0.717, 1.165) is 17.7 Å². The van der Waals surface area contributed by atoms with E-state index >= 15 is 0 Å². The number of hydrogen-bond donors (Lipinski definition) is 0. The van der Waals surface area contributed by atoms with Crippen molar-refractivity contribution in [3.05, 3.63) is 0 Å². The van der Waals surface area contributed by atoms with Crippen LogP contribution in [0.1, 0.15) is 54.4 Å². The Hall–Kier alpha value is 0.390. The van der Waals surface area contributed by atoms with E-state index in [4.69, 9.17) is 0 Å². The molecule has 2 aliphatic rings. The fraction of sp³-hybridized carbons (Fsp3) is 1.00. The van der Waals surface area contributed by atoms with Crippen LogP contribution >= 0.6 is 8.58 Å². The first-order chi connectivity index (χ1) is 7.21.